The number of halogens is 2. The van der Waals surface area contributed by atoms with Gasteiger partial charge in [-0.05, 0) is 12.3 Å². The van der Waals surface area contributed by atoms with E-state index in [1.807, 2.05) is 0 Å². The molecule has 92 valence electrons. The predicted molar refractivity (Wildman–Crippen MR) is 52.5 cm³/mol. The van der Waals surface area contributed by atoms with E-state index < -0.39 is 15.2 Å². The van der Waals surface area contributed by atoms with Gasteiger partial charge in [-0.2, -0.15) is 0 Å². The second kappa shape index (κ2) is 14.4. The van der Waals surface area contributed by atoms with E-state index in [0.29, 0.717) is 0 Å². The van der Waals surface area contributed by atoms with Crippen molar-refractivity contribution in [2.75, 3.05) is 23.0 Å². The SMILES string of the molecule is O=P([O-])([O-])CCBr.O=P([O-])([O-])CCBr.[Zr+2].[Zr+2]. The zero-order chi connectivity index (χ0) is 11.8. The summed E-state index contributed by atoms with van der Waals surface area (Å²) in [5, 5.41) is 0.467. The van der Waals surface area contributed by atoms with Gasteiger partial charge in [0, 0.05) is 10.7 Å². The van der Waals surface area contributed by atoms with Gasteiger partial charge in [0.15, 0.2) is 0 Å². The van der Waals surface area contributed by atoms with Crippen molar-refractivity contribution in [3.63, 3.8) is 0 Å². The predicted octanol–water partition coefficient (Wildman–Crippen LogP) is -1.41. The van der Waals surface area contributed by atoms with Crippen LogP contribution in [0.5, 0.6) is 0 Å². The summed E-state index contributed by atoms with van der Waals surface area (Å²) >= 11 is 5.63. The third-order valence-electron chi connectivity index (χ3n) is 0.717. The standard InChI is InChI=1S/2C2H6BrO3P.2Zr/c2*3-1-2-7(4,5)6;;/h2*1-2H2,(H2,4,5,6);;/q;;2*+2/p-4. The Balaban J connectivity index is -0.0000000800. The van der Waals surface area contributed by atoms with E-state index in [9.17, 15) is 28.7 Å². The Morgan fingerprint density at radius 3 is 0.938 bits per heavy atom. The summed E-state index contributed by atoms with van der Waals surface area (Å²) in [6.07, 6.45) is -0.597. The summed E-state index contributed by atoms with van der Waals surface area (Å²) < 4.78 is 19.3. The molecule has 0 N–H and O–H groups in total. The van der Waals surface area contributed by atoms with Crippen molar-refractivity contribution in [2.45, 2.75) is 0 Å². The van der Waals surface area contributed by atoms with Gasteiger partial charge in [0.1, 0.15) is 0 Å². The monoisotopic (exact) mass is 552 g/mol. The summed E-state index contributed by atoms with van der Waals surface area (Å²) in [6.45, 7) is 0. The fourth-order valence-electron chi connectivity index (χ4n) is 0.207. The first-order chi connectivity index (χ1) is 6.12. The van der Waals surface area contributed by atoms with Gasteiger partial charge < -0.3 is 28.7 Å². The molecule has 12 heteroatoms. The molecule has 0 heterocycles. The topological polar surface area (TPSA) is 126 Å². The maximum Gasteiger partial charge on any atom is 2.00 e. The number of hydrogen-bond donors (Lipinski definition) is 0. The van der Waals surface area contributed by atoms with Crippen molar-refractivity contribution in [2.24, 2.45) is 0 Å². The minimum absolute atomic E-state index is 0. The van der Waals surface area contributed by atoms with Gasteiger partial charge in [0.05, 0.1) is 0 Å². The molecule has 0 radical (unpaired) electrons. The van der Waals surface area contributed by atoms with Crippen molar-refractivity contribution in [3.05, 3.63) is 0 Å². The van der Waals surface area contributed by atoms with Crippen molar-refractivity contribution in [1.82, 2.24) is 0 Å². The van der Waals surface area contributed by atoms with Crippen LogP contribution >= 0.6 is 47.1 Å². The molecule has 0 bridgehead atoms. The molecule has 6 nitrogen and oxygen atoms in total. The minimum Gasteiger partial charge on any atom is -0.811 e. The van der Waals surface area contributed by atoms with Crippen molar-refractivity contribution >= 4 is 47.1 Å². The number of alkyl halides is 2. The Bertz CT molecular complexity index is 207. The van der Waals surface area contributed by atoms with E-state index in [2.05, 4.69) is 31.9 Å². The van der Waals surface area contributed by atoms with Gasteiger partial charge in [0.25, 0.3) is 0 Å². The molecule has 0 atom stereocenters. The van der Waals surface area contributed by atoms with Crippen LogP contribution in [0.2, 0.25) is 0 Å². The molecular formula is C4H8Br2O6P2Zr2. The van der Waals surface area contributed by atoms with Crippen LogP contribution < -0.4 is 19.6 Å². The molecule has 0 saturated heterocycles. The second-order valence-corrected chi connectivity index (χ2v) is 6.97. The van der Waals surface area contributed by atoms with Crippen LogP contribution in [-0.4, -0.2) is 23.0 Å². The van der Waals surface area contributed by atoms with Crippen LogP contribution in [-0.2, 0) is 61.5 Å². The largest absolute Gasteiger partial charge is 2.00 e. The van der Waals surface area contributed by atoms with E-state index in [0.717, 1.165) is 0 Å². The molecule has 0 aliphatic rings. The first-order valence-electron chi connectivity index (χ1n) is 3.26. The average Bonchev–Trinajstić information content (AvgIpc) is 1.81. The van der Waals surface area contributed by atoms with E-state index >= 15 is 0 Å². The Morgan fingerprint density at radius 1 is 0.750 bits per heavy atom. The van der Waals surface area contributed by atoms with E-state index in [1.54, 1.807) is 0 Å². The molecule has 0 saturated carbocycles. The fraction of sp³-hybridized carbons (Fsp3) is 1.00. The average molecular weight is 556 g/mol. The zero-order valence-corrected chi connectivity index (χ0v) is 17.8. The van der Waals surface area contributed by atoms with Crippen LogP contribution in [0.1, 0.15) is 0 Å². The molecule has 0 spiro atoms. The maximum atomic E-state index is 9.67. The Kier molecular flexibility index (Phi) is 24.7. The van der Waals surface area contributed by atoms with Crippen LogP contribution in [0, 0.1) is 0 Å². The van der Waals surface area contributed by atoms with Gasteiger partial charge >= 0.3 is 52.4 Å². The van der Waals surface area contributed by atoms with Gasteiger partial charge in [-0.25, -0.2) is 0 Å². The molecule has 0 rings (SSSR count). The summed E-state index contributed by atoms with van der Waals surface area (Å²) in [5.74, 6) is 0. The molecule has 0 amide bonds. The molecule has 0 unspecified atom stereocenters. The minimum atomic E-state index is -4.21. The van der Waals surface area contributed by atoms with Gasteiger partial charge in [-0.3, -0.25) is 0 Å². The fourth-order valence-corrected chi connectivity index (χ4v) is 3.23. The second-order valence-electron chi connectivity index (χ2n) is 2.05. The molecule has 0 aliphatic carbocycles. The normalized spacial score (nSPS) is 10.4. The smallest absolute Gasteiger partial charge is 0.811 e. The van der Waals surface area contributed by atoms with Crippen LogP contribution in [0.25, 0.3) is 0 Å². The third kappa shape index (κ3) is 36.0. The summed E-state index contributed by atoms with van der Waals surface area (Å²) in [4.78, 5) is 38.7. The Hall–Kier alpha value is 3.03. The van der Waals surface area contributed by atoms with Crippen LogP contribution in [0.15, 0.2) is 0 Å². The molecule has 0 aliphatic heterocycles. The molecule has 0 aromatic heterocycles. The van der Waals surface area contributed by atoms with Gasteiger partial charge in [0.2, 0.25) is 0 Å². The van der Waals surface area contributed by atoms with Crippen molar-refractivity contribution in [3.8, 4) is 0 Å². The van der Waals surface area contributed by atoms with Gasteiger partial charge in [-0.15, -0.1) is 0 Å². The first kappa shape index (κ1) is 27.4. The molecule has 16 heavy (non-hydrogen) atoms. The molecular weight excluding hydrogens is 548 g/mol. The zero-order valence-electron chi connectivity index (χ0n) is 7.93. The van der Waals surface area contributed by atoms with E-state index in [4.69, 9.17) is 0 Å². The Labute approximate surface area is 149 Å². The quantitative estimate of drug-likeness (QED) is 0.310. The van der Waals surface area contributed by atoms with Gasteiger partial charge in [-0.1, -0.05) is 47.1 Å². The van der Waals surface area contributed by atoms with Crippen molar-refractivity contribution < 1.29 is 81.1 Å². The van der Waals surface area contributed by atoms with Crippen LogP contribution in [0.4, 0.5) is 0 Å². The molecule has 0 aromatic rings. The van der Waals surface area contributed by atoms with E-state index in [-0.39, 0.29) is 75.4 Å². The van der Waals surface area contributed by atoms with E-state index in [1.165, 1.54) is 0 Å². The number of rotatable bonds is 4. The summed E-state index contributed by atoms with van der Waals surface area (Å²) in [6, 6.07) is 0. The van der Waals surface area contributed by atoms with Crippen LogP contribution in [0.3, 0.4) is 0 Å². The summed E-state index contributed by atoms with van der Waals surface area (Å²) in [7, 11) is -8.43. The first-order valence-corrected chi connectivity index (χ1v) is 8.96. The third-order valence-corrected chi connectivity index (χ3v) is 4.28. The maximum absolute atomic E-state index is 9.67. The molecule has 0 aromatic carbocycles. The molecule has 0 fully saturated rings. The Morgan fingerprint density at radius 2 is 0.938 bits per heavy atom. The number of hydrogen-bond acceptors (Lipinski definition) is 6. The van der Waals surface area contributed by atoms with Crippen molar-refractivity contribution in [1.29, 1.82) is 0 Å². The summed E-state index contributed by atoms with van der Waals surface area (Å²) in [5.41, 5.74) is 0.